The van der Waals surface area contributed by atoms with Crippen molar-refractivity contribution in [2.45, 2.75) is 30.7 Å². The number of nitrogens with two attached hydrogens (primary N) is 1. The highest BCUT2D eigenvalue weighted by atomic mass is 32.2. The quantitative estimate of drug-likeness (QED) is 0.620. The van der Waals surface area contributed by atoms with Crippen molar-refractivity contribution >= 4 is 26.8 Å². The van der Waals surface area contributed by atoms with Gasteiger partial charge in [0.15, 0.2) is 0 Å². The third-order valence-corrected chi connectivity index (χ3v) is 5.27. The number of aromatic amines is 1. The Bertz CT molecular complexity index is 1040. The molecule has 0 aliphatic rings. The number of nitrogens with one attached hydrogen (secondary N) is 2. The van der Waals surface area contributed by atoms with Gasteiger partial charge < -0.3 is 10.3 Å². The molecule has 0 aliphatic carbocycles. The number of aromatic nitrogens is 1. The van der Waals surface area contributed by atoms with Gasteiger partial charge in [-0.2, -0.15) is 0 Å². The van der Waals surface area contributed by atoms with Crippen LogP contribution in [0.25, 0.3) is 10.9 Å². The molecule has 4 N–H and O–H groups in total. The van der Waals surface area contributed by atoms with E-state index in [2.05, 4.69) is 10.3 Å². The average Bonchev–Trinajstić information content (AvgIpc) is 3.02. The van der Waals surface area contributed by atoms with E-state index in [1.807, 2.05) is 37.4 Å². The summed E-state index contributed by atoms with van der Waals surface area (Å²) in [7, 11) is -3.76. The van der Waals surface area contributed by atoms with Crippen LogP contribution in [0.15, 0.2) is 59.6 Å². The second-order valence-corrected chi connectivity index (χ2v) is 7.83. The third-order valence-electron chi connectivity index (χ3n) is 4.36. The molecule has 2 aromatic carbocycles. The summed E-state index contributed by atoms with van der Waals surface area (Å²) in [5.74, 6) is -0.0937. The molecule has 0 saturated carbocycles. The number of primary sulfonamides is 1. The Balaban J connectivity index is 1.63. The van der Waals surface area contributed by atoms with Crippen LogP contribution in [0.2, 0.25) is 0 Å². The minimum atomic E-state index is -3.76. The summed E-state index contributed by atoms with van der Waals surface area (Å²) in [6.45, 7) is 1.81. The number of benzene rings is 2. The van der Waals surface area contributed by atoms with Crippen LogP contribution in [-0.4, -0.2) is 19.3 Å². The minimum Gasteiger partial charge on any atom is -0.361 e. The van der Waals surface area contributed by atoms with E-state index in [1.54, 1.807) is 12.1 Å². The maximum atomic E-state index is 12.3. The van der Waals surface area contributed by atoms with Crippen molar-refractivity contribution < 1.29 is 13.2 Å². The highest BCUT2D eigenvalue weighted by Gasteiger charge is 2.14. The van der Waals surface area contributed by atoms with Crippen LogP contribution in [0.1, 0.15) is 30.5 Å². The van der Waals surface area contributed by atoms with E-state index >= 15 is 0 Å². The van der Waals surface area contributed by atoms with Crippen molar-refractivity contribution in [3.8, 4) is 0 Å². The van der Waals surface area contributed by atoms with Gasteiger partial charge in [0.2, 0.25) is 15.9 Å². The monoisotopic (exact) mass is 371 g/mol. The number of aryl methyl sites for hydroxylation is 1. The number of rotatable bonds is 6. The lowest BCUT2D eigenvalue weighted by Crippen LogP contribution is -2.27. The summed E-state index contributed by atoms with van der Waals surface area (Å²) in [5, 5.41) is 9.18. The van der Waals surface area contributed by atoms with Crippen LogP contribution in [0.5, 0.6) is 0 Å². The molecule has 1 heterocycles. The summed E-state index contributed by atoms with van der Waals surface area (Å²) in [6, 6.07) is 14.0. The molecule has 6 nitrogen and oxygen atoms in total. The minimum absolute atomic E-state index is 0.0369. The molecule has 1 aromatic heterocycles. The van der Waals surface area contributed by atoms with Crippen LogP contribution >= 0.6 is 0 Å². The van der Waals surface area contributed by atoms with E-state index in [0.717, 1.165) is 16.5 Å². The predicted molar refractivity (Wildman–Crippen MR) is 101 cm³/mol. The van der Waals surface area contributed by atoms with Gasteiger partial charge in [-0.15, -0.1) is 0 Å². The average molecular weight is 371 g/mol. The maximum absolute atomic E-state index is 12.3. The van der Waals surface area contributed by atoms with Gasteiger partial charge in [0.1, 0.15) is 0 Å². The molecule has 0 unspecified atom stereocenters. The maximum Gasteiger partial charge on any atom is 0.238 e. The molecular weight excluding hydrogens is 350 g/mol. The molecular formula is C19H21N3O3S. The number of sulfonamides is 1. The van der Waals surface area contributed by atoms with Crippen LogP contribution in [0.4, 0.5) is 0 Å². The van der Waals surface area contributed by atoms with E-state index in [-0.39, 0.29) is 16.8 Å². The van der Waals surface area contributed by atoms with Crippen LogP contribution < -0.4 is 10.5 Å². The van der Waals surface area contributed by atoms with Gasteiger partial charge >= 0.3 is 0 Å². The lowest BCUT2D eigenvalue weighted by atomic mass is 10.1. The van der Waals surface area contributed by atoms with Crippen LogP contribution in [0.3, 0.4) is 0 Å². The number of para-hydroxylation sites is 1. The molecule has 0 radical (unpaired) electrons. The van der Waals surface area contributed by atoms with Gasteiger partial charge in [0, 0.05) is 23.5 Å². The lowest BCUT2D eigenvalue weighted by molar-refractivity contribution is -0.121. The Morgan fingerprint density at radius 2 is 1.96 bits per heavy atom. The smallest absolute Gasteiger partial charge is 0.238 e. The van der Waals surface area contributed by atoms with Crippen LogP contribution in [0, 0.1) is 0 Å². The standard InChI is InChI=1S/C19H21N3O3S/c1-13(14-5-4-6-16(11-14)26(20,24)25)22-19(23)10-9-15-12-21-18-8-3-2-7-17(15)18/h2-8,11-13,21H,9-10H2,1H3,(H,22,23)(H2,20,24,25)/t13-/m0/s1. The summed E-state index contributed by atoms with van der Waals surface area (Å²) in [4.78, 5) is 15.5. The van der Waals surface area contributed by atoms with Gasteiger partial charge in [0.25, 0.3) is 0 Å². The van der Waals surface area contributed by atoms with Gasteiger partial charge in [-0.25, -0.2) is 13.6 Å². The first kappa shape index (κ1) is 18.2. The largest absolute Gasteiger partial charge is 0.361 e. The fraction of sp³-hybridized carbons (Fsp3) is 0.211. The number of carbonyl (C=O) groups excluding carboxylic acids is 1. The fourth-order valence-electron chi connectivity index (χ4n) is 2.94. The van der Waals surface area contributed by atoms with E-state index in [1.165, 1.54) is 12.1 Å². The van der Waals surface area contributed by atoms with Gasteiger partial charge in [-0.05, 0) is 42.7 Å². The van der Waals surface area contributed by atoms with Crippen molar-refractivity contribution in [2.24, 2.45) is 5.14 Å². The lowest BCUT2D eigenvalue weighted by Gasteiger charge is -2.15. The Kier molecular flexibility index (Phi) is 5.11. The first-order valence-corrected chi connectivity index (χ1v) is 9.86. The number of hydrogen-bond acceptors (Lipinski definition) is 3. The van der Waals surface area contributed by atoms with E-state index < -0.39 is 10.0 Å². The molecule has 0 spiro atoms. The highest BCUT2D eigenvalue weighted by molar-refractivity contribution is 7.89. The predicted octanol–water partition coefficient (Wildman–Crippen LogP) is 2.63. The zero-order valence-electron chi connectivity index (χ0n) is 14.4. The Hall–Kier alpha value is -2.64. The van der Waals surface area contributed by atoms with Gasteiger partial charge in [-0.1, -0.05) is 30.3 Å². The molecule has 26 heavy (non-hydrogen) atoms. The molecule has 3 aromatic rings. The molecule has 0 aliphatic heterocycles. The van der Waals surface area contributed by atoms with Crippen molar-refractivity contribution in [3.63, 3.8) is 0 Å². The summed E-state index contributed by atoms with van der Waals surface area (Å²) in [5.41, 5.74) is 2.84. The molecule has 0 saturated heterocycles. The number of fused-ring (bicyclic) bond motifs is 1. The number of hydrogen-bond donors (Lipinski definition) is 3. The summed E-state index contributed by atoms with van der Waals surface area (Å²) in [6.07, 6.45) is 2.90. The van der Waals surface area contributed by atoms with E-state index in [9.17, 15) is 13.2 Å². The van der Waals surface area contributed by atoms with Crippen molar-refractivity contribution in [1.29, 1.82) is 0 Å². The molecule has 7 heteroatoms. The molecule has 1 atom stereocenters. The first-order valence-electron chi connectivity index (χ1n) is 8.32. The first-order chi connectivity index (χ1) is 12.3. The van der Waals surface area contributed by atoms with Gasteiger partial charge in [-0.3, -0.25) is 4.79 Å². The van der Waals surface area contributed by atoms with Crippen molar-refractivity contribution in [3.05, 3.63) is 65.9 Å². The number of carbonyl (C=O) groups is 1. The normalized spacial score (nSPS) is 12.8. The zero-order chi connectivity index (χ0) is 18.7. The van der Waals surface area contributed by atoms with Crippen molar-refractivity contribution in [2.75, 3.05) is 0 Å². The number of H-pyrrole nitrogens is 1. The molecule has 1 amide bonds. The highest BCUT2D eigenvalue weighted by Crippen LogP contribution is 2.20. The zero-order valence-corrected chi connectivity index (χ0v) is 15.2. The molecule has 3 rings (SSSR count). The SMILES string of the molecule is C[C@H](NC(=O)CCc1c[nH]c2ccccc12)c1cccc(S(N)(=O)=O)c1. The Morgan fingerprint density at radius 1 is 1.19 bits per heavy atom. The Labute approximate surface area is 152 Å². The topological polar surface area (TPSA) is 105 Å². The second kappa shape index (κ2) is 7.31. The fourth-order valence-corrected chi connectivity index (χ4v) is 3.51. The van der Waals surface area contributed by atoms with Crippen molar-refractivity contribution in [1.82, 2.24) is 10.3 Å². The second-order valence-electron chi connectivity index (χ2n) is 6.27. The molecule has 0 fully saturated rings. The van der Waals surface area contributed by atoms with E-state index in [0.29, 0.717) is 18.4 Å². The van der Waals surface area contributed by atoms with Crippen LogP contribution in [-0.2, 0) is 21.2 Å². The summed E-state index contributed by atoms with van der Waals surface area (Å²) < 4.78 is 22.9. The molecule has 136 valence electrons. The van der Waals surface area contributed by atoms with E-state index in [4.69, 9.17) is 5.14 Å². The molecule has 0 bridgehead atoms. The number of amides is 1. The Morgan fingerprint density at radius 3 is 2.73 bits per heavy atom. The third kappa shape index (κ3) is 4.12. The summed E-state index contributed by atoms with van der Waals surface area (Å²) >= 11 is 0. The van der Waals surface area contributed by atoms with Gasteiger partial charge in [0.05, 0.1) is 10.9 Å².